The molecule has 1 aliphatic rings. The van der Waals surface area contributed by atoms with Crippen molar-refractivity contribution < 1.29 is 14.3 Å². The Labute approximate surface area is 106 Å². The summed E-state index contributed by atoms with van der Waals surface area (Å²) in [6.07, 6.45) is 1.08. The second-order valence-corrected chi connectivity index (χ2v) is 4.40. The first-order valence-electron chi connectivity index (χ1n) is 6.00. The fourth-order valence-electron chi connectivity index (χ4n) is 1.97. The maximum Gasteiger partial charge on any atom is 0.337 e. The van der Waals surface area contributed by atoms with Gasteiger partial charge in [0, 0.05) is 19.1 Å². The lowest BCUT2D eigenvalue weighted by Crippen LogP contribution is -2.15. The van der Waals surface area contributed by atoms with Gasteiger partial charge in [0.05, 0.1) is 30.7 Å². The molecular weight excluding hydrogens is 232 g/mol. The largest absolute Gasteiger partial charge is 0.465 e. The Bertz CT molecular complexity index is 428. The fourth-order valence-corrected chi connectivity index (χ4v) is 1.97. The molecule has 3 N–H and O–H groups in total. The van der Waals surface area contributed by atoms with E-state index < -0.39 is 0 Å². The minimum absolute atomic E-state index is 0.377. The molecule has 1 saturated heterocycles. The summed E-state index contributed by atoms with van der Waals surface area (Å²) in [4.78, 5) is 11.3. The monoisotopic (exact) mass is 250 g/mol. The summed E-state index contributed by atoms with van der Waals surface area (Å²) in [5, 5.41) is 3.28. The number of nitrogen functional groups attached to an aromatic ring is 1. The van der Waals surface area contributed by atoms with Crippen molar-refractivity contribution in [2.75, 3.05) is 37.9 Å². The summed E-state index contributed by atoms with van der Waals surface area (Å²) in [6, 6.07) is 5.13. The van der Waals surface area contributed by atoms with Gasteiger partial charge in [-0.2, -0.15) is 0 Å². The number of carbonyl (C=O) groups excluding carboxylic acids is 1. The maximum atomic E-state index is 11.3. The zero-order valence-corrected chi connectivity index (χ0v) is 10.4. The Morgan fingerprint density at radius 2 is 2.44 bits per heavy atom. The van der Waals surface area contributed by atoms with E-state index in [-0.39, 0.29) is 5.97 Å². The summed E-state index contributed by atoms with van der Waals surface area (Å²) in [5.41, 5.74) is 7.75. The smallest absolute Gasteiger partial charge is 0.337 e. The third kappa shape index (κ3) is 2.92. The van der Waals surface area contributed by atoms with Crippen LogP contribution in [0.2, 0.25) is 0 Å². The van der Waals surface area contributed by atoms with Crippen LogP contribution in [0.15, 0.2) is 18.2 Å². The quantitative estimate of drug-likeness (QED) is 0.626. The van der Waals surface area contributed by atoms with Gasteiger partial charge in [-0.1, -0.05) is 0 Å². The molecule has 0 aromatic heterocycles. The highest BCUT2D eigenvalue weighted by Crippen LogP contribution is 2.22. The minimum Gasteiger partial charge on any atom is -0.465 e. The number of benzene rings is 1. The fraction of sp³-hybridized carbons (Fsp3) is 0.462. The molecule has 5 heteroatoms. The third-order valence-corrected chi connectivity index (χ3v) is 3.08. The number of hydrogen-bond acceptors (Lipinski definition) is 5. The van der Waals surface area contributed by atoms with E-state index in [1.54, 1.807) is 18.2 Å². The molecule has 0 spiro atoms. The van der Waals surface area contributed by atoms with Crippen LogP contribution in [0.4, 0.5) is 11.4 Å². The molecule has 0 bridgehead atoms. The van der Waals surface area contributed by atoms with E-state index in [1.807, 2.05) is 0 Å². The van der Waals surface area contributed by atoms with Gasteiger partial charge >= 0.3 is 5.97 Å². The Kier molecular flexibility index (Phi) is 4.04. The molecule has 0 radical (unpaired) electrons. The first-order chi connectivity index (χ1) is 8.70. The number of hydrogen-bond donors (Lipinski definition) is 2. The van der Waals surface area contributed by atoms with Crippen molar-refractivity contribution in [3.63, 3.8) is 0 Å². The number of nitrogens with one attached hydrogen (secondary N) is 1. The highest BCUT2D eigenvalue weighted by molar-refractivity contribution is 5.91. The molecule has 2 rings (SSSR count). The van der Waals surface area contributed by atoms with Crippen LogP contribution in [0.5, 0.6) is 0 Å². The van der Waals surface area contributed by atoms with E-state index in [0.717, 1.165) is 31.9 Å². The van der Waals surface area contributed by atoms with Crippen LogP contribution < -0.4 is 11.1 Å². The van der Waals surface area contributed by atoms with E-state index >= 15 is 0 Å². The SMILES string of the molecule is COC(=O)c1ccc(NC[C@@H]2CCOC2)c(N)c1. The lowest BCUT2D eigenvalue weighted by atomic mass is 10.1. The van der Waals surface area contributed by atoms with Crippen molar-refractivity contribution >= 4 is 17.3 Å². The highest BCUT2D eigenvalue weighted by atomic mass is 16.5. The number of methoxy groups -OCH3 is 1. The summed E-state index contributed by atoms with van der Waals surface area (Å²) < 4.78 is 9.95. The lowest BCUT2D eigenvalue weighted by Gasteiger charge is -2.13. The van der Waals surface area contributed by atoms with E-state index in [1.165, 1.54) is 7.11 Å². The zero-order chi connectivity index (χ0) is 13.0. The number of anilines is 2. The van der Waals surface area contributed by atoms with E-state index in [0.29, 0.717) is 17.2 Å². The number of carbonyl (C=O) groups is 1. The third-order valence-electron chi connectivity index (χ3n) is 3.08. The molecule has 0 saturated carbocycles. The molecule has 0 aliphatic carbocycles. The van der Waals surface area contributed by atoms with Crippen LogP contribution in [0.3, 0.4) is 0 Å². The second-order valence-electron chi connectivity index (χ2n) is 4.40. The number of ether oxygens (including phenoxy) is 2. The Morgan fingerprint density at radius 1 is 1.61 bits per heavy atom. The van der Waals surface area contributed by atoms with Gasteiger partial charge in [0.2, 0.25) is 0 Å². The first kappa shape index (κ1) is 12.7. The van der Waals surface area contributed by atoms with Crippen LogP contribution in [0.25, 0.3) is 0 Å². The summed E-state index contributed by atoms with van der Waals surface area (Å²) >= 11 is 0. The van der Waals surface area contributed by atoms with E-state index in [9.17, 15) is 4.79 Å². The predicted molar refractivity (Wildman–Crippen MR) is 69.6 cm³/mol. The second kappa shape index (κ2) is 5.73. The van der Waals surface area contributed by atoms with E-state index in [2.05, 4.69) is 10.1 Å². The molecule has 1 atom stereocenters. The average Bonchev–Trinajstić information content (AvgIpc) is 2.89. The molecular formula is C13H18N2O3. The van der Waals surface area contributed by atoms with Gasteiger partial charge in [-0.15, -0.1) is 0 Å². The Hall–Kier alpha value is -1.75. The van der Waals surface area contributed by atoms with Crippen LogP contribution in [-0.2, 0) is 9.47 Å². The van der Waals surface area contributed by atoms with Crippen LogP contribution in [0.1, 0.15) is 16.8 Å². The van der Waals surface area contributed by atoms with Crippen molar-refractivity contribution in [1.82, 2.24) is 0 Å². The van der Waals surface area contributed by atoms with Crippen molar-refractivity contribution in [2.45, 2.75) is 6.42 Å². The minimum atomic E-state index is -0.377. The summed E-state index contributed by atoms with van der Waals surface area (Å²) in [5.74, 6) is 0.155. The summed E-state index contributed by atoms with van der Waals surface area (Å²) in [7, 11) is 1.35. The number of esters is 1. The molecule has 1 aromatic rings. The maximum absolute atomic E-state index is 11.3. The van der Waals surface area contributed by atoms with Crippen LogP contribution in [-0.4, -0.2) is 32.8 Å². The molecule has 98 valence electrons. The summed E-state index contributed by atoms with van der Waals surface area (Å²) in [6.45, 7) is 2.47. The molecule has 0 unspecified atom stereocenters. The standard InChI is InChI=1S/C13H18N2O3/c1-17-13(16)10-2-3-12(11(14)6-10)15-7-9-4-5-18-8-9/h2-3,6,9,15H,4-5,7-8,14H2,1H3/t9-/m0/s1. The first-order valence-corrected chi connectivity index (χ1v) is 6.00. The zero-order valence-electron chi connectivity index (χ0n) is 10.4. The predicted octanol–water partition coefficient (Wildman–Crippen LogP) is 1.50. The van der Waals surface area contributed by atoms with Gasteiger partial charge in [0.25, 0.3) is 0 Å². The lowest BCUT2D eigenvalue weighted by molar-refractivity contribution is 0.0601. The Morgan fingerprint density at radius 3 is 3.06 bits per heavy atom. The van der Waals surface area contributed by atoms with E-state index in [4.69, 9.17) is 10.5 Å². The molecule has 5 nitrogen and oxygen atoms in total. The molecule has 1 heterocycles. The molecule has 0 amide bonds. The van der Waals surface area contributed by atoms with Crippen molar-refractivity contribution in [2.24, 2.45) is 5.92 Å². The average molecular weight is 250 g/mol. The van der Waals surface area contributed by atoms with Crippen molar-refractivity contribution in [3.8, 4) is 0 Å². The number of rotatable bonds is 4. The Balaban J connectivity index is 1.98. The van der Waals surface area contributed by atoms with Gasteiger partial charge in [-0.05, 0) is 24.6 Å². The number of nitrogens with two attached hydrogens (primary N) is 1. The van der Waals surface area contributed by atoms with Gasteiger partial charge < -0.3 is 20.5 Å². The van der Waals surface area contributed by atoms with Gasteiger partial charge in [0.1, 0.15) is 0 Å². The normalized spacial score (nSPS) is 18.6. The van der Waals surface area contributed by atoms with Crippen LogP contribution >= 0.6 is 0 Å². The molecule has 18 heavy (non-hydrogen) atoms. The van der Waals surface area contributed by atoms with Gasteiger partial charge in [-0.25, -0.2) is 4.79 Å². The van der Waals surface area contributed by atoms with Gasteiger partial charge in [0.15, 0.2) is 0 Å². The molecule has 1 fully saturated rings. The highest BCUT2D eigenvalue weighted by Gasteiger charge is 2.15. The van der Waals surface area contributed by atoms with Crippen molar-refractivity contribution in [3.05, 3.63) is 23.8 Å². The topological polar surface area (TPSA) is 73.6 Å². The van der Waals surface area contributed by atoms with Crippen LogP contribution in [0, 0.1) is 5.92 Å². The molecule has 1 aliphatic heterocycles. The van der Waals surface area contributed by atoms with Gasteiger partial charge in [-0.3, -0.25) is 0 Å². The molecule has 1 aromatic carbocycles. The van der Waals surface area contributed by atoms with Crippen molar-refractivity contribution in [1.29, 1.82) is 0 Å².